The number of carbonyl (C=O) groups is 1. The Morgan fingerprint density at radius 3 is 2.70 bits per heavy atom. The van der Waals surface area contributed by atoms with Crippen LogP contribution in [0.2, 0.25) is 0 Å². The van der Waals surface area contributed by atoms with E-state index in [1.54, 1.807) is 37.7 Å². The van der Waals surface area contributed by atoms with Gasteiger partial charge in [-0.15, -0.1) is 11.3 Å². The molecule has 1 amide bonds. The predicted molar refractivity (Wildman–Crippen MR) is 116 cm³/mol. The molecule has 0 saturated carbocycles. The van der Waals surface area contributed by atoms with E-state index in [2.05, 4.69) is 31.0 Å². The lowest BCUT2D eigenvalue weighted by Crippen LogP contribution is -2.48. The topological polar surface area (TPSA) is 80.9 Å². The largest absolute Gasteiger partial charge is 0.497 e. The second-order valence-corrected chi connectivity index (χ2v) is 8.55. The van der Waals surface area contributed by atoms with Gasteiger partial charge in [0.15, 0.2) is 0 Å². The molecule has 0 radical (unpaired) electrons. The van der Waals surface area contributed by atoms with Gasteiger partial charge in [-0.05, 0) is 39.5 Å². The summed E-state index contributed by atoms with van der Waals surface area (Å²) in [7, 11) is 3.12. The van der Waals surface area contributed by atoms with E-state index in [-0.39, 0.29) is 5.91 Å². The fourth-order valence-electron chi connectivity index (χ4n) is 3.35. The number of amides is 1. The van der Waals surface area contributed by atoms with E-state index in [1.165, 1.54) is 0 Å². The number of rotatable bonds is 6. The van der Waals surface area contributed by atoms with Crippen molar-refractivity contribution >= 4 is 33.2 Å². The molecule has 0 atom stereocenters. The fourth-order valence-corrected chi connectivity index (χ4v) is 4.60. The van der Waals surface area contributed by atoms with Crippen molar-refractivity contribution in [3.63, 3.8) is 0 Å². The monoisotopic (exact) mass is 492 g/mol. The van der Waals surface area contributed by atoms with Gasteiger partial charge in [0.25, 0.3) is 5.91 Å². The van der Waals surface area contributed by atoms with E-state index < -0.39 is 0 Å². The van der Waals surface area contributed by atoms with Crippen LogP contribution in [0.1, 0.15) is 16.2 Å². The quantitative estimate of drug-likeness (QED) is 0.520. The molecule has 0 bridgehead atoms. The third-order valence-corrected chi connectivity index (χ3v) is 6.37. The molecule has 30 heavy (non-hydrogen) atoms. The van der Waals surface area contributed by atoms with Crippen molar-refractivity contribution in [3.8, 4) is 22.2 Å². The van der Waals surface area contributed by atoms with Gasteiger partial charge in [0, 0.05) is 26.2 Å². The second kappa shape index (κ2) is 9.15. The van der Waals surface area contributed by atoms with Crippen LogP contribution in [0.4, 0.5) is 0 Å². The molecule has 8 nitrogen and oxygen atoms in total. The Labute approximate surface area is 186 Å². The molecule has 1 aliphatic heterocycles. The molecule has 0 unspecified atom stereocenters. The van der Waals surface area contributed by atoms with Crippen LogP contribution in [-0.4, -0.2) is 66.2 Å². The smallest absolute Gasteiger partial charge is 0.257 e. The van der Waals surface area contributed by atoms with Crippen molar-refractivity contribution in [3.05, 3.63) is 45.6 Å². The number of methoxy groups -OCH3 is 2. The average molecular weight is 493 g/mol. The van der Waals surface area contributed by atoms with Gasteiger partial charge in [0.1, 0.15) is 11.5 Å². The molecule has 0 aliphatic carbocycles. The minimum absolute atomic E-state index is 0.0797. The Morgan fingerprint density at radius 2 is 2.03 bits per heavy atom. The predicted octanol–water partition coefficient (Wildman–Crippen LogP) is 3.54. The zero-order chi connectivity index (χ0) is 21.1. The lowest BCUT2D eigenvalue weighted by molar-refractivity contribution is 0.0611. The lowest BCUT2D eigenvalue weighted by Gasteiger charge is -2.34. The van der Waals surface area contributed by atoms with Crippen molar-refractivity contribution in [1.29, 1.82) is 0 Å². The first-order valence-corrected chi connectivity index (χ1v) is 11.1. The van der Waals surface area contributed by atoms with E-state index in [9.17, 15) is 4.79 Å². The van der Waals surface area contributed by atoms with Crippen LogP contribution >= 0.6 is 27.3 Å². The van der Waals surface area contributed by atoms with Crippen molar-refractivity contribution in [1.82, 2.24) is 19.9 Å². The third-order valence-electron chi connectivity index (χ3n) is 4.92. The average Bonchev–Trinajstić information content (AvgIpc) is 3.45. The van der Waals surface area contributed by atoms with Gasteiger partial charge >= 0.3 is 0 Å². The van der Waals surface area contributed by atoms with Gasteiger partial charge in [0.2, 0.25) is 11.7 Å². The van der Waals surface area contributed by atoms with E-state index in [0.29, 0.717) is 52.9 Å². The second-order valence-electron chi connectivity index (χ2n) is 6.75. The Hall–Kier alpha value is -2.43. The van der Waals surface area contributed by atoms with Crippen LogP contribution in [0.3, 0.4) is 0 Å². The van der Waals surface area contributed by atoms with E-state index in [4.69, 9.17) is 14.0 Å². The minimum atomic E-state index is -0.0797. The summed E-state index contributed by atoms with van der Waals surface area (Å²) in [5, 5.41) is 6.04. The molecule has 1 aromatic carbocycles. The number of carbonyl (C=O) groups excluding carboxylic acids is 1. The maximum atomic E-state index is 13.1. The molecule has 3 aromatic rings. The van der Waals surface area contributed by atoms with Gasteiger partial charge in [-0.2, -0.15) is 4.98 Å². The zero-order valence-corrected chi connectivity index (χ0v) is 19.0. The molecule has 1 fully saturated rings. The molecule has 2 aromatic heterocycles. The number of hydrogen-bond acceptors (Lipinski definition) is 8. The molecular formula is C20H21BrN4O4S. The summed E-state index contributed by atoms with van der Waals surface area (Å²) in [6.45, 7) is 3.20. The first-order chi connectivity index (χ1) is 14.6. The number of piperazine rings is 1. The molecule has 1 aliphatic rings. The summed E-state index contributed by atoms with van der Waals surface area (Å²) >= 11 is 5.03. The van der Waals surface area contributed by atoms with E-state index in [0.717, 1.165) is 18.0 Å². The van der Waals surface area contributed by atoms with Crippen LogP contribution in [-0.2, 0) is 6.54 Å². The molecule has 158 valence electrons. The van der Waals surface area contributed by atoms with Crippen molar-refractivity contribution < 1.29 is 18.8 Å². The van der Waals surface area contributed by atoms with E-state index in [1.807, 2.05) is 22.4 Å². The Balaban J connectivity index is 1.39. The summed E-state index contributed by atoms with van der Waals surface area (Å²) < 4.78 is 16.8. The SMILES string of the molecule is COc1cc(Br)c(OC)c(C(=O)N2CCN(Cc3nc(-c4cccs4)no3)CC2)c1. The highest BCUT2D eigenvalue weighted by atomic mass is 79.9. The number of benzene rings is 1. The summed E-state index contributed by atoms with van der Waals surface area (Å²) in [4.78, 5) is 22.6. The molecule has 1 saturated heterocycles. The van der Waals surface area contributed by atoms with Crippen molar-refractivity contribution in [2.24, 2.45) is 0 Å². The fraction of sp³-hybridized carbons (Fsp3) is 0.350. The van der Waals surface area contributed by atoms with E-state index >= 15 is 0 Å². The van der Waals surface area contributed by atoms with Gasteiger partial charge in [0.05, 0.1) is 35.7 Å². The van der Waals surface area contributed by atoms with Gasteiger partial charge in [-0.1, -0.05) is 11.2 Å². The van der Waals surface area contributed by atoms with Crippen molar-refractivity contribution in [2.45, 2.75) is 6.54 Å². The van der Waals surface area contributed by atoms with Crippen LogP contribution in [0, 0.1) is 0 Å². The van der Waals surface area contributed by atoms with Crippen molar-refractivity contribution in [2.75, 3.05) is 40.4 Å². The van der Waals surface area contributed by atoms with Gasteiger partial charge in [-0.25, -0.2) is 0 Å². The van der Waals surface area contributed by atoms with Crippen LogP contribution < -0.4 is 9.47 Å². The highest BCUT2D eigenvalue weighted by molar-refractivity contribution is 9.10. The molecule has 3 heterocycles. The minimum Gasteiger partial charge on any atom is -0.497 e. The summed E-state index contributed by atoms with van der Waals surface area (Å²) in [5.41, 5.74) is 0.481. The Bertz CT molecular complexity index is 1020. The first-order valence-electron chi connectivity index (χ1n) is 9.38. The molecular weight excluding hydrogens is 472 g/mol. The number of nitrogens with zero attached hydrogens (tertiary/aromatic N) is 4. The van der Waals surface area contributed by atoms with Crippen LogP contribution in [0.5, 0.6) is 11.5 Å². The highest BCUT2D eigenvalue weighted by Crippen LogP contribution is 2.34. The van der Waals surface area contributed by atoms with Gasteiger partial charge in [-0.3, -0.25) is 9.69 Å². The summed E-state index contributed by atoms with van der Waals surface area (Å²) in [6, 6.07) is 7.42. The summed E-state index contributed by atoms with van der Waals surface area (Å²) in [5.74, 6) is 2.22. The maximum absolute atomic E-state index is 13.1. The summed E-state index contributed by atoms with van der Waals surface area (Å²) in [6.07, 6.45) is 0. The first kappa shape index (κ1) is 20.8. The third kappa shape index (κ3) is 4.35. The number of aromatic nitrogens is 2. The maximum Gasteiger partial charge on any atom is 0.257 e. The highest BCUT2D eigenvalue weighted by Gasteiger charge is 2.27. The van der Waals surface area contributed by atoms with Crippen LogP contribution in [0.25, 0.3) is 10.7 Å². The van der Waals surface area contributed by atoms with Crippen LogP contribution in [0.15, 0.2) is 38.6 Å². The number of hydrogen-bond donors (Lipinski definition) is 0. The Kier molecular flexibility index (Phi) is 6.35. The lowest BCUT2D eigenvalue weighted by atomic mass is 10.1. The Morgan fingerprint density at radius 1 is 1.23 bits per heavy atom. The van der Waals surface area contributed by atoms with Gasteiger partial charge < -0.3 is 18.9 Å². The number of thiophene rings is 1. The zero-order valence-electron chi connectivity index (χ0n) is 16.6. The molecule has 4 rings (SSSR count). The molecule has 0 N–H and O–H groups in total. The standard InChI is InChI=1S/C20H21BrN4O4S/c1-27-13-10-14(18(28-2)15(21)11-13)20(26)25-7-5-24(6-8-25)12-17-22-19(23-29-17)16-4-3-9-30-16/h3-4,9-11H,5-8,12H2,1-2H3. The molecule has 0 spiro atoms. The molecule has 10 heteroatoms. The number of halogens is 1. The number of ether oxygens (including phenoxy) is 2. The normalized spacial score (nSPS) is 14.7.